The summed E-state index contributed by atoms with van der Waals surface area (Å²) in [6, 6.07) is 0. The van der Waals surface area contributed by atoms with Gasteiger partial charge in [-0.3, -0.25) is 0 Å². The van der Waals surface area contributed by atoms with E-state index in [0.717, 1.165) is 0 Å². The summed E-state index contributed by atoms with van der Waals surface area (Å²) >= 11 is 0. The molecule has 0 fully saturated rings. The normalized spacial score (nSPS) is 9.11. The van der Waals surface area contributed by atoms with Crippen molar-refractivity contribution < 1.29 is 4.74 Å². The molecule has 0 rings (SSSR count). The molecule has 0 aliphatic heterocycles. The summed E-state index contributed by atoms with van der Waals surface area (Å²) < 4.78 is 3.85. The molecular formula is C17H27NO. The molecule has 0 heterocycles. The Morgan fingerprint density at radius 1 is 1.00 bits per heavy atom. The summed E-state index contributed by atoms with van der Waals surface area (Å²) in [5.74, 6) is 0. The zero-order valence-electron chi connectivity index (χ0n) is 13.1. The minimum Gasteiger partial charge on any atom is -0.431 e. The van der Waals surface area contributed by atoms with Crippen molar-refractivity contribution in [2.24, 2.45) is 0 Å². The average Bonchev–Trinajstić information content (AvgIpc) is 2.40. The fourth-order valence-corrected chi connectivity index (χ4v) is 1.02. The average molecular weight is 261 g/mol. The van der Waals surface area contributed by atoms with Crippen molar-refractivity contribution in [1.29, 1.82) is 5.26 Å². The van der Waals surface area contributed by atoms with E-state index in [-0.39, 0.29) is 0 Å². The molecule has 0 atom stereocenters. The molecule has 0 aromatic rings. The highest BCUT2D eigenvalue weighted by Crippen LogP contribution is 2.09. The number of nitrogens with zero attached hydrogens (tertiary/aromatic N) is 1. The van der Waals surface area contributed by atoms with Crippen LogP contribution >= 0.6 is 0 Å². The van der Waals surface area contributed by atoms with E-state index in [1.54, 1.807) is 6.08 Å². The first-order valence-electron chi connectivity index (χ1n) is 6.17. The van der Waals surface area contributed by atoms with Crippen LogP contribution in [0.3, 0.4) is 0 Å². The van der Waals surface area contributed by atoms with E-state index in [9.17, 15) is 0 Å². The van der Waals surface area contributed by atoms with Crippen molar-refractivity contribution in [3.05, 3.63) is 60.3 Å². The third-order valence-electron chi connectivity index (χ3n) is 1.66. The zero-order chi connectivity index (χ0) is 15.5. The lowest BCUT2D eigenvalue weighted by atomic mass is 10.1. The van der Waals surface area contributed by atoms with Crippen LogP contribution in [0.1, 0.15) is 34.6 Å². The lowest BCUT2D eigenvalue weighted by Gasteiger charge is -1.97. The summed E-state index contributed by atoms with van der Waals surface area (Å²) in [7, 11) is 1.32. The van der Waals surface area contributed by atoms with Gasteiger partial charge in [-0.05, 0) is 45.8 Å². The number of nitriles is 1. The molecule has 0 radical (unpaired) electrons. The Morgan fingerprint density at radius 2 is 1.32 bits per heavy atom. The van der Waals surface area contributed by atoms with Gasteiger partial charge >= 0.3 is 0 Å². The van der Waals surface area contributed by atoms with Crippen LogP contribution in [0, 0.1) is 11.5 Å². The lowest BCUT2D eigenvalue weighted by molar-refractivity contribution is 0.362. The Bertz CT molecular complexity index is 338. The highest BCUT2D eigenvalue weighted by molar-refractivity contribution is 5.39. The SMILES string of the molecule is C/C=C\C(C)=C(/C=C\C)/C=C\C.C=CC.COC#N. The molecule has 0 N–H and O–H groups in total. The molecule has 0 spiro atoms. The van der Waals surface area contributed by atoms with E-state index in [1.165, 1.54) is 24.5 Å². The van der Waals surface area contributed by atoms with Crippen LogP contribution < -0.4 is 0 Å². The maximum absolute atomic E-state index is 7.40. The zero-order valence-corrected chi connectivity index (χ0v) is 13.1. The maximum atomic E-state index is 7.40. The topological polar surface area (TPSA) is 33.0 Å². The first-order valence-corrected chi connectivity index (χ1v) is 6.17. The van der Waals surface area contributed by atoms with E-state index in [2.05, 4.69) is 54.7 Å². The molecule has 0 saturated heterocycles. The highest BCUT2D eigenvalue weighted by Gasteiger charge is 1.88. The fraction of sp³-hybridized carbons (Fsp3) is 0.353. The molecular weight excluding hydrogens is 234 g/mol. The maximum Gasteiger partial charge on any atom is 0.286 e. The number of rotatable bonds is 3. The minimum absolute atomic E-state index is 1.28. The summed E-state index contributed by atoms with van der Waals surface area (Å²) in [6.45, 7) is 13.5. The van der Waals surface area contributed by atoms with Gasteiger partial charge in [0.15, 0.2) is 0 Å². The van der Waals surface area contributed by atoms with Crippen LogP contribution in [0.5, 0.6) is 0 Å². The molecule has 0 aromatic heterocycles. The van der Waals surface area contributed by atoms with E-state index in [0.29, 0.717) is 0 Å². The third kappa shape index (κ3) is 21.8. The summed E-state index contributed by atoms with van der Waals surface area (Å²) in [4.78, 5) is 0. The van der Waals surface area contributed by atoms with Crippen LogP contribution in [-0.4, -0.2) is 7.11 Å². The molecule has 2 nitrogen and oxygen atoms in total. The van der Waals surface area contributed by atoms with Gasteiger partial charge in [0.25, 0.3) is 6.26 Å². The number of methoxy groups -OCH3 is 1. The van der Waals surface area contributed by atoms with Crippen LogP contribution in [0.4, 0.5) is 0 Å². The molecule has 0 aromatic carbocycles. The van der Waals surface area contributed by atoms with E-state index in [1.807, 2.05) is 27.7 Å². The molecule has 2 heteroatoms. The van der Waals surface area contributed by atoms with Crippen molar-refractivity contribution >= 4 is 0 Å². The Balaban J connectivity index is -0.000000303. The quantitative estimate of drug-likeness (QED) is 0.390. The Kier molecular flexibility index (Phi) is 24.9. The minimum atomic E-state index is 1.28. The molecule has 0 aliphatic rings. The first kappa shape index (κ1) is 22.2. The van der Waals surface area contributed by atoms with Gasteiger partial charge in [0.05, 0.1) is 7.11 Å². The predicted octanol–water partition coefficient (Wildman–Crippen LogP) is 5.34. The first-order chi connectivity index (χ1) is 9.09. The van der Waals surface area contributed by atoms with Crippen molar-refractivity contribution in [3.8, 4) is 6.26 Å². The molecule has 19 heavy (non-hydrogen) atoms. The van der Waals surface area contributed by atoms with Gasteiger partial charge in [-0.25, -0.2) is 0 Å². The third-order valence-corrected chi connectivity index (χ3v) is 1.66. The summed E-state index contributed by atoms with van der Waals surface area (Å²) in [5, 5.41) is 7.40. The highest BCUT2D eigenvalue weighted by atomic mass is 16.5. The second-order valence-electron chi connectivity index (χ2n) is 3.34. The van der Waals surface area contributed by atoms with Crippen molar-refractivity contribution in [2.75, 3.05) is 7.11 Å². The van der Waals surface area contributed by atoms with Crippen molar-refractivity contribution in [2.45, 2.75) is 34.6 Å². The Labute approximate surface area is 119 Å². The van der Waals surface area contributed by atoms with Gasteiger partial charge in [-0.1, -0.05) is 42.5 Å². The molecule has 0 unspecified atom stereocenters. The molecule has 0 bridgehead atoms. The van der Waals surface area contributed by atoms with Crippen molar-refractivity contribution in [3.63, 3.8) is 0 Å². The Morgan fingerprint density at radius 3 is 1.53 bits per heavy atom. The van der Waals surface area contributed by atoms with E-state index in [4.69, 9.17) is 5.26 Å². The smallest absolute Gasteiger partial charge is 0.286 e. The van der Waals surface area contributed by atoms with Crippen LogP contribution in [0.2, 0.25) is 0 Å². The standard InChI is InChI=1S/C12H18.C3H6.C2H3NO/c1-5-8-11(4)12(9-6-2)10-7-3;1-3-2;1-4-2-3/h5-10H,1-4H3;3H,1H2,2H3;1H3/b8-5-,9-6-,10-7-;;. The van der Waals surface area contributed by atoms with Crippen LogP contribution in [0.25, 0.3) is 0 Å². The molecule has 0 saturated carbocycles. The molecule has 106 valence electrons. The molecule has 0 amide bonds. The van der Waals surface area contributed by atoms with E-state index >= 15 is 0 Å². The second-order valence-corrected chi connectivity index (χ2v) is 3.34. The van der Waals surface area contributed by atoms with Gasteiger partial charge in [0.2, 0.25) is 0 Å². The van der Waals surface area contributed by atoms with Gasteiger partial charge in [-0.2, -0.15) is 5.26 Å². The number of hydrogen-bond acceptors (Lipinski definition) is 2. The monoisotopic (exact) mass is 261 g/mol. The predicted molar refractivity (Wildman–Crippen MR) is 85.6 cm³/mol. The van der Waals surface area contributed by atoms with E-state index < -0.39 is 0 Å². The lowest BCUT2D eigenvalue weighted by Crippen LogP contribution is -1.77. The van der Waals surface area contributed by atoms with Crippen molar-refractivity contribution in [1.82, 2.24) is 0 Å². The van der Waals surface area contributed by atoms with Crippen LogP contribution in [0.15, 0.2) is 60.3 Å². The largest absolute Gasteiger partial charge is 0.431 e. The Hall–Kier alpha value is -2.01. The number of ether oxygens (including phenoxy) is 1. The van der Waals surface area contributed by atoms with Gasteiger partial charge in [0.1, 0.15) is 0 Å². The van der Waals surface area contributed by atoms with Crippen LogP contribution in [-0.2, 0) is 4.74 Å². The second kappa shape index (κ2) is 21.3. The van der Waals surface area contributed by atoms with Gasteiger partial charge in [-0.15, -0.1) is 6.58 Å². The number of allylic oxidation sites excluding steroid dienone is 9. The van der Waals surface area contributed by atoms with Gasteiger partial charge in [0, 0.05) is 0 Å². The molecule has 0 aliphatic carbocycles. The van der Waals surface area contributed by atoms with Gasteiger partial charge < -0.3 is 4.74 Å². The summed E-state index contributed by atoms with van der Waals surface area (Å²) in [6.07, 6.45) is 15.7. The fourth-order valence-electron chi connectivity index (χ4n) is 1.02. The summed E-state index contributed by atoms with van der Waals surface area (Å²) in [5.41, 5.74) is 2.58. The number of hydrogen-bond donors (Lipinski definition) is 0.